The van der Waals surface area contributed by atoms with Gasteiger partial charge in [0.2, 0.25) is 0 Å². The molecule has 7 aliphatic carbocycles. The van der Waals surface area contributed by atoms with Crippen LogP contribution in [-0.2, 0) is 28.7 Å². The van der Waals surface area contributed by atoms with E-state index in [1.165, 1.54) is 44.6 Å². The lowest BCUT2D eigenvalue weighted by atomic mass is 9.49. The van der Waals surface area contributed by atoms with E-state index in [2.05, 4.69) is 19.9 Å². The normalized spacial score (nSPS) is 40.3. The maximum absolute atomic E-state index is 12.7. The molecule has 4 bridgehead atoms. The van der Waals surface area contributed by atoms with Crippen LogP contribution in [0.25, 0.3) is 0 Å². The quantitative estimate of drug-likeness (QED) is 0.0784. The van der Waals surface area contributed by atoms with Crippen molar-refractivity contribution >= 4 is 24.0 Å². The fourth-order valence-electron chi connectivity index (χ4n) is 11.2. The number of aldehydes is 1. The van der Waals surface area contributed by atoms with Gasteiger partial charge in [-0.2, -0.15) is 0 Å². The Hall–Kier alpha value is -2.76. The van der Waals surface area contributed by atoms with E-state index in [-0.39, 0.29) is 47.6 Å². The number of allylic oxidation sites excluding steroid dienone is 7. The first-order chi connectivity index (χ1) is 21.6. The van der Waals surface area contributed by atoms with Crippen LogP contribution in [-0.4, -0.2) is 37.2 Å². The molecule has 244 valence electrons. The van der Waals surface area contributed by atoms with Crippen molar-refractivity contribution in [3.63, 3.8) is 0 Å². The Kier molecular flexibility index (Phi) is 9.41. The van der Waals surface area contributed by atoms with Crippen molar-refractivity contribution < 1.29 is 28.7 Å². The van der Waals surface area contributed by atoms with Gasteiger partial charge in [0.1, 0.15) is 6.29 Å². The minimum absolute atomic E-state index is 0.0833. The SMILES string of the molecule is CC1=CC(=O)[C@H]2/C(C=O)=C\C[C@H]3[C@@H]([C@@H](C)/C=C\C=C/C(=O)OCCCOC(=O)CC45CC6CC(CC(C6)C4)C5)CC[C@]3(C)C[C@H]12. The van der Waals surface area contributed by atoms with E-state index in [1.807, 2.05) is 19.1 Å². The average Bonchev–Trinajstić information content (AvgIpc) is 3.43. The van der Waals surface area contributed by atoms with E-state index < -0.39 is 5.97 Å². The minimum Gasteiger partial charge on any atom is -0.466 e. The molecule has 0 saturated heterocycles. The molecular formula is C39H52O6. The first-order valence-electron chi connectivity index (χ1n) is 17.6. The van der Waals surface area contributed by atoms with Gasteiger partial charge in [-0.1, -0.05) is 43.7 Å². The van der Waals surface area contributed by atoms with Crippen LogP contribution >= 0.6 is 0 Å². The highest BCUT2D eigenvalue weighted by atomic mass is 16.5. The highest BCUT2D eigenvalue weighted by molar-refractivity contribution is 6.01. The summed E-state index contributed by atoms with van der Waals surface area (Å²) in [4.78, 5) is 49.5. The Labute approximate surface area is 269 Å². The zero-order valence-corrected chi connectivity index (χ0v) is 27.5. The predicted molar refractivity (Wildman–Crippen MR) is 173 cm³/mol. The van der Waals surface area contributed by atoms with Crippen molar-refractivity contribution in [1.82, 2.24) is 0 Å². The fourth-order valence-corrected chi connectivity index (χ4v) is 11.2. The molecule has 0 N–H and O–H groups in total. The van der Waals surface area contributed by atoms with E-state index in [4.69, 9.17) is 9.47 Å². The van der Waals surface area contributed by atoms with Gasteiger partial charge in [-0.25, -0.2) is 4.79 Å². The van der Waals surface area contributed by atoms with Gasteiger partial charge >= 0.3 is 11.9 Å². The maximum atomic E-state index is 12.7. The number of hydrogen-bond donors (Lipinski definition) is 0. The lowest BCUT2D eigenvalue weighted by Crippen LogP contribution is -2.47. The summed E-state index contributed by atoms with van der Waals surface area (Å²) in [6.07, 6.45) is 24.8. The Balaban J connectivity index is 0.918. The highest BCUT2D eigenvalue weighted by Crippen LogP contribution is 2.61. The van der Waals surface area contributed by atoms with E-state index in [9.17, 15) is 19.2 Å². The molecule has 6 atom stereocenters. The van der Waals surface area contributed by atoms with Gasteiger partial charge in [0.05, 0.1) is 25.6 Å². The van der Waals surface area contributed by atoms with Gasteiger partial charge < -0.3 is 9.47 Å². The molecule has 0 heterocycles. The summed E-state index contributed by atoms with van der Waals surface area (Å²) in [5, 5.41) is 0. The molecule has 6 nitrogen and oxygen atoms in total. The summed E-state index contributed by atoms with van der Waals surface area (Å²) < 4.78 is 10.9. The van der Waals surface area contributed by atoms with Gasteiger partial charge in [0.25, 0.3) is 0 Å². The Morgan fingerprint density at radius 3 is 2.40 bits per heavy atom. The van der Waals surface area contributed by atoms with Crippen molar-refractivity contribution in [2.75, 3.05) is 13.2 Å². The molecule has 6 heteroatoms. The molecule has 0 aromatic heterocycles. The number of fused-ring (bicyclic) bond motifs is 2. The zero-order chi connectivity index (χ0) is 31.8. The second kappa shape index (κ2) is 13.2. The molecule has 5 fully saturated rings. The van der Waals surface area contributed by atoms with Crippen molar-refractivity contribution in [2.24, 2.45) is 58.2 Å². The Morgan fingerprint density at radius 2 is 1.71 bits per heavy atom. The van der Waals surface area contributed by atoms with Gasteiger partial charge in [0, 0.05) is 12.5 Å². The van der Waals surface area contributed by atoms with Crippen LogP contribution in [0.5, 0.6) is 0 Å². The molecule has 0 unspecified atom stereocenters. The summed E-state index contributed by atoms with van der Waals surface area (Å²) in [7, 11) is 0. The summed E-state index contributed by atoms with van der Waals surface area (Å²) in [6.45, 7) is 7.17. The lowest BCUT2D eigenvalue weighted by molar-refractivity contribution is -0.152. The highest BCUT2D eigenvalue weighted by Gasteiger charge is 2.52. The number of ketones is 1. The standard InChI is InChI=1S/C39H52O6/c1-25(31-11-12-38(3)22-32-26(2)15-34(41)37(32)30(24-40)9-10-33(31)38)7-4-5-8-35(42)44-13-6-14-45-36(43)23-39-19-27-16-28(20-39)18-29(17-27)21-39/h4-5,7-9,15,24-25,27-29,31-33,37H,6,10-14,16-23H2,1-3H3/b7-4-,8-5-,30-9-/t25-,27?,28?,29?,31+,32+,33-,37-,38+,39?/m0/s1. The van der Waals surface area contributed by atoms with E-state index in [0.717, 1.165) is 55.3 Å². The van der Waals surface area contributed by atoms with Gasteiger partial charge in [-0.3, -0.25) is 14.4 Å². The van der Waals surface area contributed by atoms with Crippen LogP contribution < -0.4 is 0 Å². The second-order valence-electron chi connectivity index (χ2n) is 16.0. The molecule has 0 aromatic carbocycles. The molecule has 0 spiro atoms. The molecular weight excluding hydrogens is 564 g/mol. The topological polar surface area (TPSA) is 86.7 Å². The predicted octanol–water partition coefficient (Wildman–Crippen LogP) is 7.53. The minimum atomic E-state index is -0.392. The lowest BCUT2D eigenvalue weighted by Gasteiger charge is -2.56. The Bertz CT molecular complexity index is 1260. The number of rotatable bonds is 11. The molecule has 7 aliphatic rings. The first-order valence-corrected chi connectivity index (χ1v) is 17.6. The zero-order valence-electron chi connectivity index (χ0n) is 27.5. The number of hydrogen-bond acceptors (Lipinski definition) is 6. The largest absolute Gasteiger partial charge is 0.466 e. The molecule has 0 radical (unpaired) electrons. The monoisotopic (exact) mass is 616 g/mol. The van der Waals surface area contributed by atoms with Crippen LogP contribution in [0, 0.1) is 58.2 Å². The van der Waals surface area contributed by atoms with Crippen molar-refractivity contribution in [1.29, 1.82) is 0 Å². The summed E-state index contributed by atoms with van der Waals surface area (Å²) >= 11 is 0. The molecule has 0 aliphatic heterocycles. The van der Waals surface area contributed by atoms with Crippen LogP contribution in [0.3, 0.4) is 0 Å². The summed E-state index contributed by atoms with van der Waals surface area (Å²) in [6, 6.07) is 0. The van der Waals surface area contributed by atoms with Crippen LogP contribution in [0.4, 0.5) is 0 Å². The Morgan fingerprint density at radius 1 is 1.02 bits per heavy atom. The van der Waals surface area contributed by atoms with Crippen molar-refractivity contribution in [3.05, 3.63) is 47.6 Å². The molecule has 0 amide bonds. The third kappa shape index (κ3) is 6.86. The molecule has 45 heavy (non-hydrogen) atoms. The van der Waals surface area contributed by atoms with Crippen LogP contribution in [0.1, 0.15) is 97.8 Å². The molecule has 7 rings (SSSR count). The maximum Gasteiger partial charge on any atom is 0.330 e. The van der Waals surface area contributed by atoms with Crippen LogP contribution in [0.2, 0.25) is 0 Å². The number of ether oxygens (including phenoxy) is 2. The van der Waals surface area contributed by atoms with E-state index in [0.29, 0.717) is 36.2 Å². The van der Waals surface area contributed by atoms with E-state index >= 15 is 0 Å². The smallest absolute Gasteiger partial charge is 0.330 e. The molecule has 0 aromatic rings. The van der Waals surface area contributed by atoms with Gasteiger partial charge in [0.15, 0.2) is 5.78 Å². The number of esters is 2. The first kappa shape index (κ1) is 32.2. The third-order valence-electron chi connectivity index (χ3n) is 12.8. The van der Waals surface area contributed by atoms with Crippen LogP contribution in [0.15, 0.2) is 47.6 Å². The number of carbonyl (C=O) groups is 4. The van der Waals surface area contributed by atoms with Crippen molar-refractivity contribution in [3.8, 4) is 0 Å². The van der Waals surface area contributed by atoms with Gasteiger partial charge in [-0.05, 0) is 135 Å². The number of carbonyl (C=O) groups excluding carboxylic acids is 4. The average molecular weight is 617 g/mol. The molecule has 5 saturated carbocycles. The van der Waals surface area contributed by atoms with Crippen molar-refractivity contribution in [2.45, 2.75) is 97.8 Å². The second-order valence-corrected chi connectivity index (χ2v) is 16.0. The van der Waals surface area contributed by atoms with Gasteiger partial charge in [-0.15, -0.1) is 0 Å². The summed E-state index contributed by atoms with van der Waals surface area (Å²) in [5.74, 6) is 3.13. The van der Waals surface area contributed by atoms with E-state index in [1.54, 1.807) is 12.2 Å². The third-order valence-corrected chi connectivity index (χ3v) is 12.8. The summed E-state index contributed by atoms with van der Waals surface area (Å²) in [5.41, 5.74) is 2.09. The fraction of sp³-hybridized carbons (Fsp3) is 0.692.